The number of hydrogen-bond acceptors (Lipinski definition) is 10. The molecule has 0 unspecified atom stereocenters. The molecule has 6 rings (SSSR count). The Morgan fingerprint density at radius 3 is 2.52 bits per heavy atom. The van der Waals surface area contributed by atoms with Crippen molar-refractivity contribution < 1.29 is 46.3 Å². The lowest BCUT2D eigenvalue weighted by Crippen LogP contribution is -2.58. The second-order valence-electron chi connectivity index (χ2n) is 15.1. The van der Waals surface area contributed by atoms with Gasteiger partial charge in [0.1, 0.15) is 34.6 Å². The van der Waals surface area contributed by atoms with Crippen molar-refractivity contribution in [3.8, 4) is 5.75 Å². The van der Waals surface area contributed by atoms with Gasteiger partial charge in [-0.05, 0) is 90.0 Å². The van der Waals surface area contributed by atoms with Gasteiger partial charge in [-0.15, -0.1) is 0 Å². The van der Waals surface area contributed by atoms with E-state index in [0.717, 1.165) is 12.8 Å². The summed E-state index contributed by atoms with van der Waals surface area (Å²) in [5.74, 6) is -2.45. The van der Waals surface area contributed by atoms with Crippen LogP contribution in [0.15, 0.2) is 40.8 Å². The molecule has 16 heteroatoms. The maximum absolute atomic E-state index is 14.3. The summed E-state index contributed by atoms with van der Waals surface area (Å²) in [6, 6.07) is 3.76. The van der Waals surface area contributed by atoms with Crippen LogP contribution < -0.4 is 25.4 Å². The number of alkyl carbamates (subject to hydrolysis) is 1. The van der Waals surface area contributed by atoms with Crippen LogP contribution in [0.5, 0.6) is 5.75 Å². The number of methoxy groups -OCH3 is 1. The first-order chi connectivity index (χ1) is 24.6. The van der Waals surface area contributed by atoms with Crippen LogP contribution in [-0.2, 0) is 29.1 Å². The molecule has 1 saturated heterocycles. The lowest BCUT2D eigenvalue weighted by atomic mass is 10.0. The van der Waals surface area contributed by atoms with Gasteiger partial charge in [0, 0.05) is 23.9 Å². The zero-order chi connectivity index (χ0) is 37.4. The summed E-state index contributed by atoms with van der Waals surface area (Å²) in [5.41, 5.74) is -1.89. The average molecular weight is 742 g/mol. The predicted molar refractivity (Wildman–Crippen MR) is 189 cm³/mol. The fourth-order valence-corrected chi connectivity index (χ4v) is 8.24. The van der Waals surface area contributed by atoms with E-state index < -0.39 is 80.2 Å². The molecule has 15 nitrogen and oxygen atoms in total. The number of nitrogens with zero attached hydrogens (tertiary/aromatic N) is 1. The van der Waals surface area contributed by atoms with Crippen LogP contribution in [0.3, 0.4) is 0 Å². The summed E-state index contributed by atoms with van der Waals surface area (Å²) in [6.07, 6.45) is 7.10. The Morgan fingerprint density at radius 2 is 1.81 bits per heavy atom. The summed E-state index contributed by atoms with van der Waals surface area (Å²) in [6.45, 7) is 5.04. The topological polar surface area (TPSA) is 202 Å². The minimum atomic E-state index is -3.91. The molecule has 5 amide bonds. The molecular weight excluding hydrogens is 694 g/mol. The van der Waals surface area contributed by atoms with Crippen LogP contribution in [0.1, 0.15) is 89.1 Å². The van der Waals surface area contributed by atoms with E-state index in [1.165, 1.54) is 12.0 Å². The van der Waals surface area contributed by atoms with E-state index in [4.69, 9.17) is 13.9 Å². The number of nitrogens with one attached hydrogen (secondary N) is 4. The second-order valence-corrected chi connectivity index (χ2v) is 17.1. The summed E-state index contributed by atoms with van der Waals surface area (Å²) < 4.78 is 44.2. The number of carbonyl (C=O) groups excluding carboxylic acids is 5. The van der Waals surface area contributed by atoms with Gasteiger partial charge in [0.2, 0.25) is 21.8 Å². The second kappa shape index (κ2) is 14.4. The van der Waals surface area contributed by atoms with Crippen molar-refractivity contribution in [2.75, 3.05) is 13.7 Å². The molecule has 4 N–H and O–H groups in total. The Kier molecular flexibility index (Phi) is 10.3. The van der Waals surface area contributed by atoms with Gasteiger partial charge in [-0.1, -0.05) is 25.0 Å². The minimum Gasteiger partial charge on any atom is -0.497 e. The zero-order valence-corrected chi connectivity index (χ0v) is 30.7. The van der Waals surface area contributed by atoms with Crippen LogP contribution in [0.4, 0.5) is 4.79 Å². The Labute approximate surface area is 302 Å². The average Bonchev–Trinajstić information content (AvgIpc) is 3.96. The molecular formula is C36H47N5O10S. The van der Waals surface area contributed by atoms with Crippen molar-refractivity contribution in [3.05, 3.63) is 42.2 Å². The molecule has 1 aromatic heterocycles. The quantitative estimate of drug-likeness (QED) is 0.306. The summed E-state index contributed by atoms with van der Waals surface area (Å²) in [5, 5.41) is 8.39. The third kappa shape index (κ3) is 8.37. The maximum atomic E-state index is 14.3. The molecule has 52 heavy (non-hydrogen) atoms. The fraction of sp³-hybridized carbons (Fsp3) is 0.583. The number of hydrogen-bond donors (Lipinski definition) is 4. The first-order valence-corrected chi connectivity index (χ1v) is 19.4. The SMILES string of the molecule is COc1ccc2oc(C(=O)N[C@@H]3C[C@H]4C(=O)N[C@]5(C(=O)NS(=O)(=O)C6CC6)C[C@@H]5/C=C\CCCCC[C@H](NC(=O)OC(C)(C)C)C(=O)N4C3)cc2c1. The number of amides is 5. The lowest BCUT2D eigenvalue weighted by Gasteiger charge is -2.30. The van der Waals surface area contributed by atoms with Crippen LogP contribution in [0.25, 0.3) is 11.0 Å². The van der Waals surface area contributed by atoms with Gasteiger partial charge in [0.15, 0.2) is 5.76 Å². The fourth-order valence-electron chi connectivity index (χ4n) is 6.87. The predicted octanol–water partition coefficient (Wildman–Crippen LogP) is 3.04. The van der Waals surface area contributed by atoms with E-state index in [1.54, 1.807) is 45.0 Å². The lowest BCUT2D eigenvalue weighted by molar-refractivity contribution is -0.141. The molecule has 282 valence electrons. The van der Waals surface area contributed by atoms with Crippen molar-refractivity contribution in [3.63, 3.8) is 0 Å². The standard InChI is InChI=1S/C36H47N5O10S/c1-35(2,3)51-34(46)38-26-11-9-7-5-6-8-10-22-19-36(22,33(45)40-52(47,48)25-13-14-25)39-30(42)27-18-23(20-41(27)32(26)44)37-31(43)29-17-21-16-24(49-4)12-15-28(21)50-29/h8,10,12,15-17,22-23,25-27H,5-7,9,11,13-14,18-20H2,1-4H3,(H,37,43)(H,38,46)(H,39,42)(H,40,45)/b10-8-/t22-,23+,26-,27-,36+/m0/s1. The third-order valence-corrected chi connectivity index (χ3v) is 11.7. The molecule has 4 aliphatic rings. The van der Waals surface area contributed by atoms with Crippen molar-refractivity contribution >= 4 is 50.7 Å². The maximum Gasteiger partial charge on any atom is 0.408 e. The van der Waals surface area contributed by atoms with E-state index in [1.807, 2.05) is 12.2 Å². The largest absolute Gasteiger partial charge is 0.497 e. The van der Waals surface area contributed by atoms with Crippen molar-refractivity contribution in [1.29, 1.82) is 0 Å². The van der Waals surface area contributed by atoms with E-state index >= 15 is 0 Å². The molecule has 0 radical (unpaired) electrons. The van der Waals surface area contributed by atoms with Crippen LogP contribution in [0.2, 0.25) is 0 Å². The smallest absolute Gasteiger partial charge is 0.408 e. The van der Waals surface area contributed by atoms with Crippen molar-refractivity contribution in [2.24, 2.45) is 5.92 Å². The normalized spacial score (nSPS) is 27.6. The number of carbonyl (C=O) groups is 5. The minimum absolute atomic E-state index is 0.0188. The molecule has 2 saturated carbocycles. The number of sulfonamides is 1. The van der Waals surface area contributed by atoms with Crippen LogP contribution in [-0.4, -0.2) is 91.2 Å². The van der Waals surface area contributed by atoms with E-state index in [0.29, 0.717) is 42.4 Å². The highest BCUT2D eigenvalue weighted by molar-refractivity contribution is 7.91. The Balaban J connectivity index is 1.27. The third-order valence-electron chi connectivity index (χ3n) is 9.85. The summed E-state index contributed by atoms with van der Waals surface area (Å²) >= 11 is 0. The summed E-state index contributed by atoms with van der Waals surface area (Å²) in [7, 11) is -2.38. The van der Waals surface area contributed by atoms with E-state index in [2.05, 4.69) is 20.7 Å². The van der Waals surface area contributed by atoms with Crippen LogP contribution in [0, 0.1) is 5.92 Å². The zero-order valence-electron chi connectivity index (χ0n) is 29.9. The monoisotopic (exact) mass is 741 g/mol. The van der Waals surface area contributed by atoms with E-state index in [-0.39, 0.29) is 31.6 Å². The molecule has 0 spiro atoms. The number of benzene rings is 1. The van der Waals surface area contributed by atoms with Gasteiger partial charge in [-0.25, -0.2) is 13.2 Å². The van der Waals surface area contributed by atoms with Gasteiger partial charge < -0.3 is 34.7 Å². The molecule has 3 fully saturated rings. The molecule has 2 aliphatic heterocycles. The highest BCUT2D eigenvalue weighted by Gasteiger charge is 2.62. The Hall–Kier alpha value is -4.60. The van der Waals surface area contributed by atoms with Crippen LogP contribution >= 0.6 is 0 Å². The van der Waals surface area contributed by atoms with Gasteiger partial charge >= 0.3 is 6.09 Å². The van der Waals surface area contributed by atoms with Gasteiger partial charge in [0.05, 0.1) is 12.4 Å². The molecule has 2 aliphatic carbocycles. The number of furan rings is 1. The number of ether oxygens (including phenoxy) is 2. The molecule has 3 heterocycles. The highest BCUT2D eigenvalue weighted by atomic mass is 32.2. The first kappa shape index (κ1) is 37.2. The highest BCUT2D eigenvalue weighted by Crippen LogP contribution is 2.46. The van der Waals surface area contributed by atoms with Gasteiger partial charge in [-0.3, -0.25) is 23.9 Å². The number of fused-ring (bicyclic) bond motifs is 3. The van der Waals surface area contributed by atoms with E-state index in [9.17, 15) is 32.4 Å². The van der Waals surface area contributed by atoms with Gasteiger partial charge in [0.25, 0.3) is 11.8 Å². The Morgan fingerprint density at radius 1 is 1.04 bits per heavy atom. The number of rotatable bonds is 7. The molecule has 0 bridgehead atoms. The van der Waals surface area contributed by atoms with Crippen molar-refractivity contribution in [2.45, 2.75) is 113 Å². The molecule has 1 aromatic carbocycles. The molecule has 2 aromatic rings. The Bertz CT molecular complexity index is 1880. The van der Waals surface area contributed by atoms with Gasteiger partial charge in [-0.2, -0.15) is 0 Å². The molecule has 5 atom stereocenters. The van der Waals surface area contributed by atoms with Crippen molar-refractivity contribution in [1.82, 2.24) is 25.6 Å². The summed E-state index contributed by atoms with van der Waals surface area (Å²) in [4.78, 5) is 69.8. The first-order valence-electron chi connectivity index (χ1n) is 17.8. The number of allylic oxidation sites excluding steroid dienone is 1.